The molecule has 0 bridgehead atoms. The zero-order valence-electron chi connectivity index (χ0n) is 20.7. The summed E-state index contributed by atoms with van der Waals surface area (Å²) in [5.74, 6) is 1.34. The number of nitrogens with one attached hydrogen (secondary N) is 1. The van der Waals surface area contributed by atoms with E-state index >= 15 is 0 Å². The van der Waals surface area contributed by atoms with Crippen LogP contribution in [-0.2, 0) is 11.6 Å². The van der Waals surface area contributed by atoms with Gasteiger partial charge in [0.15, 0.2) is 0 Å². The smallest absolute Gasteiger partial charge is 0.378 e. The van der Waals surface area contributed by atoms with Crippen LogP contribution in [0.1, 0.15) is 54.8 Å². The van der Waals surface area contributed by atoms with Crippen LogP contribution in [0.4, 0.5) is 18.9 Å². The lowest BCUT2D eigenvalue weighted by molar-refractivity contribution is -0.137. The summed E-state index contributed by atoms with van der Waals surface area (Å²) in [5, 5.41) is 3.67. The fourth-order valence-corrected chi connectivity index (χ4v) is 7.79. The third kappa shape index (κ3) is 3.97. The Kier molecular flexibility index (Phi) is 5.68. The molecule has 6 heteroatoms. The molecule has 0 radical (unpaired) electrons. The van der Waals surface area contributed by atoms with Crippen molar-refractivity contribution >= 4 is 5.69 Å². The summed E-state index contributed by atoms with van der Waals surface area (Å²) >= 11 is 0. The zero-order chi connectivity index (χ0) is 24.4. The van der Waals surface area contributed by atoms with Crippen molar-refractivity contribution in [3.05, 3.63) is 65.2 Å². The van der Waals surface area contributed by atoms with E-state index in [1.54, 1.807) is 6.07 Å². The zero-order valence-corrected chi connectivity index (χ0v) is 20.7. The molecule has 0 aromatic heterocycles. The molecule has 188 valence electrons. The Bertz CT molecular complexity index is 1060. The van der Waals surface area contributed by atoms with E-state index in [0.717, 1.165) is 50.1 Å². The van der Waals surface area contributed by atoms with Crippen LogP contribution in [0, 0.1) is 17.8 Å². The van der Waals surface area contributed by atoms with E-state index in [0.29, 0.717) is 23.8 Å². The number of benzene rings is 2. The van der Waals surface area contributed by atoms with Gasteiger partial charge in [-0.05, 0) is 106 Å². The fraction of sp³-hybridized carbons (Fsp3) is 0.586. The number of rotatable bonds is 4. The molecule has 3 nitrogen and oxygen atoms in total. The largest absolute Gasteiger partial charge is 0.416 e. The molecule has 1 saturated heterocycles. The molecule has 0 amide bonds. The minimum absolute atomic E-state index is 0.140. The third-order valence-corrected chi connectivity index (χ3v) is 9.69. The topological polar surface area (TPSA) is 18.5 Å². The van der Waals surface area contributed by atoms with Gasteiger partial charge in [0, 0.05) is 23.7 Å². The summed E-state index contributed by atoms with van der Waals surface area (Å²) in [4.78, 5) is 4.96. The standard InChI is InChI=1S/C29H36F3N3/c1-34-14-12-22(13-15-34)35(2)18-20-8-10-23-27(19-6-4-3-5-7-19)33-26-11-9-21(29(30,31)32)16-24(26)28(23)17-25(20)28/h3-7,9,11,16,20,22-23,25,27,33H,8,10,12-15,17-18H2,1-2H3/t20-,23+,25?,27+,28?/m1/s1. The molecule has 4 aliphatic rings. The van der Waals surface area contributed by atoms with E-state index in [1.807, 2.05) is 6.07 Å². The normalized spacial score (nSPS) is 33.0. The number of nitrogens with zero attached hydrogens (tertiary/aromatic N) is 2. The maximum absolute atomic E-state index is 13.7. The lowest BCUT2D eigenvalue weighted by atomic mass is 9.64. The second kappa shape index (κ2) is 8.52. The summed E-state index contributed by atoms with van der Waals surface area (Å²) in [6, 6.07) is 15.7. The predicted molar refractivity (Wildman–Crippen MR) is 133 cm³/mol. The Morgan fingerprint density at radius 1 is 1.00 bits per heavy atom. The molecule has 6 rings (SSSR count). The predicted octanol–water partition coefficient (Wildman–Crippen LogP) is 6.18. The molecule has 2 unspecified atom stereocenters. The van der Waals surface area contributed by atoms with Crippen LogP contribution in [0.25, 0.3) is 0 Å². The van der Waals surface area contributed by atoms with Gasteiger partial charge in [-0.25, -0.2) is 0 Å². The van der Waals surface area contributed by atoms with E-state index in [1.165, 1.54) is 30.5 Å². The van der Waals surface area contributed by atoms with Crippen LogP contribution >= 0.6 is 0 Å². The number of likely N-dealkylation sites (tertiary alicyclic amines) is 1. The molecule has 2 aliphatic heterocycles. The molecule has 2 aromatic rings. The molecule has 35 heavy (non-hydrogen) atoms. The molecule has 5 atom stereocenters. The highest BCUT2D eigenvalue weighted by Crippen LogP contribution is 2.72. The number of hydrogen-bond acceptors (Lipinski definition) is 3. The van der Waals surface area contributed by atoms with Crippen LogP contribution < -0.4 is 5.32 Å². The summed E-state index contributed by atoms with van der Waals surface area (Å²) in [6.45, 7) is 3.35. The SMILES string of the molecule is CN1CCC(N(C)C[C@H]2CC[C@H]3[C@H](c4ccccc4)Nc4ccc(C(F)(F)F)cc4C34CC24)CC1. The van der Waals surface area contributed by atoms with Crippen molar-refractivity contribution in [2.75, 3.05) is 39.0 Å². The lowest BCUT2D eigenvalue weighted by Crippen LogP contribution is -2.46. The minimum atomic E-state index is -4.32. The Balaban J connectivity index is 1.32. The van der Waals surface area contributed by atoms with Gasteiger partial charge in [-0.2, -0.15) is 13.2 Å². The number of fused-ring (bicyclic) bond motifs is 1. The number of anilines is 1. The van der Waals surface area contributed by atoms with Gasteiger partial charge in [0.2, 0.25) is 0 Å². The van der Waals surface area contributed by atoms with Crippen molar-refractivity contribution in [1.29, 1.82) is 0 Å². The summed E-state index contributed by atoms with van der Waals surface area (Å²) in [6.07, 6.45) is 1.33. The number of halogens is 3. The van der Waals surface area contributed by atoms with Crippen molar-refractivity contribution in [2.45, 2.75) is 55.8 Å². The van der Waals surface area contributed by atoms with Crippen molar-refractivity contribution in [3.8, 4) is 0 Å². The molecule has 2 heterocycles. The van der Waals surface area contributed by atoms with Gasteiger partial charge in [0.25, 0.3) is 0 Å². The second-order valence-corrected chi connectivity index (χ2v) is 11.6. The highest BCUT2D eigenvalue weighted by atomic mass is 19.4. The van der Waals surface area contributed by atoms with Crippen LogP contribution in [0.15, 0.2) is 48.5 Å². The van der Waals surface area contributed by atoms with Gasteiger partial charge in [-0.3, -0.25) is 0 Å². The Morgan fingerprint density at radius 2 is 1.74 bits per heavy atom. The first-order valence-corrected chi connectivity index (χ1v) is 13.2. The monoisotopic (exact) mass is 483 g/mol. The molecular formula is C29H36F3N3. The molecule has 3 fully saturated rings. The summed E-state index contributed by atoms with van der Waals surface area (Å²) in [7, 11) is 4.46. The van der Waals surface area contributed by atoms with E-state index < -0.39 is 11.7 Å². The van der Waals surface area contributed by atoms with Crippen molar-refractivity contribution in [1.82, 2.24) is 9.80 Å². The molecule has 2 saturated carbocycles. The number of piperidine rings is 1. The van der Waals surface area contributed by atoms with Crippen molar-refractivity contribution in [2.24, 2.45) is 17.8 Å². The first-order valence-electron chi connectivity index (χ1n) is 13.2. The summed E-state index contributed by atoms with van der Waals surface area (Å²) in [5.41, 5.74) is 2.41. The summed E-state index contributed by atoms with van der Waals surface area (Å²) < 4.78 is 41.1. The van der Waals surface area contributed by atoms with Gasteiger partial charge >= 0.3 is 6.18 Å². The van der Waals surface area contributed by atoms with Gasteiger partial charge in [0.1, 0.15) is 0 Å². The average molecular weight is 484 g/mol. The molecule has 2 aliphatic carbocycles. The van der Waals surface area contributed by atoms with E-state index in [2.05, 4.69) is 53.5 Å². The van der Waals surface area contributed by atoms with E-state index in [9.17, 15) is 13.2 Å². The van der Waals surface area contributed by atoms with Gasteiger partial charge in [-0.15, -0.1) is 0 Å². The van der Waals surface area contributed by atoms with E-state index in [-0.39, 0.29) is 11.5 Å². The first kappa shape index (κ1) is 23.4. The number of hydrogen-bond donors (Lipinski definition) is 1. The van der Waals surface area contributed by atoms with Crippen LogP contribution in [0.2, 0.25) is 0 Å². The average Bonchev–Trinajstić information content (AvgIpc) is 3.60. The van der Waals surface area contributed by atoms with Gasteiger partial charge < -0.3 is 15.1 Å². The van der Waals surface area contributed by atoms with E-state index in [4.69, 9.17) is 0 Å². The van der Waals surface area contributed by atoms with Crippen LogP contribution in [0.3, 0.4) is 0 Å². The lowest BCUT2D eigenvalue weighted by Gasteiger charge is -2.47. The maximum atomic E-state index is 13.7. The fourth-order valence-electron chi connectivity index (χ4n) is 7.79. The molecule has 2 aromatic carbocycles. The highest BCUT2D eigenvalue weighted by Gasteiger charge is 2.68. The Hall–Kier alpha value is -2.05. The van der Waals surface area contributed by atoms with Crippen molar-refractivity contribution < 1.29 is 13.2 Å². The van der Waals surface area contributed by atoms with Gasteiger partial charge in [0.05, 0.1) is 11.6 Å². The first-order chi connectivity index (χ1) is 16.8. The van der Waals surface area contributed by atoms with Crippen LogP contribution in [-0.4, -0.2) is 49.6 Å². The highest BCUT2D eigenvalue weighted by molar-refractivity contribution is 5.64. The maximum Gasteiger partial charge on any atom is 0.416 e. The molecule has 1 spiro atoms. The van der Waals surface area contributed by atoms with Crippen molar-refractivity contribution in [3.63, 3.8) is 0 Å². The minimum Gasteiger partial charge on any atom is -0.378 e. The Labute approximate surface area is 206 Å². The van der Waals surface area contributed by atoms with Crippen LogP contribution in [0.5, 0.6) is 0 Å². The van der Waals surface area contributed by atoms with Gasteiger partial charge in [-0.1, -0.05) is 30.3 Å². The molecular weight excluding hydrogens is 447 g/mol. The quantitative estimate of drug-likeness (QED) is 0.560. The Morgan fingerprint density at radius 3 is 2.46 bits per heavy atom. The number of alkyl halides is 3. The second-order valence-electron chi connectivity index (χ2n) is 11.6. The molecule has 1 N–H and O–H groups in total. The third-order valence-electron chi connectivity index (χ3n) is 9.69.